The first-order valence-corrected chi connectivity index (χ1v) is 7.14. The Kier molecular flexibility index (Phi) is 7.14. The molecule has 0 radical (unpaired) electrons. The summed E-state index contributed by atoms with van der Waals surface area (Å²) in [5, 5.41) is 8.81. The highest BCUT2D eigenvalue weighted by atomic mass is 32.2. The third-order valence-corrected chi connectivity index (χ3v) is 3.55. The molecule has 6 heteroatoms. The van der Waals surface area contributed by atoms with E-state index in [0.717, 1.165) is 0 Å². The van der Waals surface area contributed by atoms with Gasteiger partial charge in [0.25, 0.3) is 0 Å². The lowest BCUT2D eigenvalue weighted by Gasteiger charge is -2.23. The van der Waals surface area contributed by atoms with Crippen LogP contribution in [0.3, 0.4) is 0 Å². The van der Waals surface area contributed by atoms with Gasteiger partial charge in [0, 0.05) is 19.8 Å². The number of sulfonamides is 1. The van der Waals surface area contributed by atoms with Gasteiger partial charge < -0.3 is 9.84 Å². The number of nitrogens with one attached hydrogen (secondary N) is 1. The van der Waals surface area contributed by atoms with Crippen LogP contribution in [0.5, 0.6) is 0 Å². The highest BCUT2D eigenvalue weighted by Crippen LogP contribution is 2.18. The van der Waals surface area contributed by atoms with Crippen LogP contribution >= 0.6 is 0 Å². The van der Waals surface area contributed by atoms with Gasteiger partial charge in [-0.15, -0.1) is 0 Å². The molecule has 0 amide bonds. The lowest BCUT2D eigenvalue weighted by molar-refractivity contribution is 0.163. The van der Waals surface area contributed by atoms with E-state index in [1.165, 1.54) is 0 Å². The zero-order valence-electron chi connectivity index (χ0n) is 10.3. The fraction of sp³-hybridized carbons (Fsp3) is 1.00. The molecule has 0 fully saturated rings. The molecule has 0 aliphatic rings. The van der Waals surface area contributed by atoms with Crippen molar-refractivity contribution < 1.29 is 18.3 Å². The van der Waals surface area contributed by atoms with E-state index >= 15 is 0 Å². The number of hydrogen-bond donors (Lipinski definition) is 2. The van der Waals surface area contributed by atoms with Gasteiger partial charge in [0.2, 0.25) is 10.0 Å². The Morgan fingerprint density at radius 2 is 2.00 bits per heavy atom. The van der Waals surface area contributed by atoms with E-state index < -0.39 is 10.0 Å². The molecule has 0 saturated heterocycles. The van der Waals surface area contributed by atoms with Crippen LogP contribution in [0.4, 0.5) is 0 Å². The minimum Gasteiger partial charge on any atom is -0.396 e. The Labute approximate surface area is 98.2 Å². The van der Waals surface area contributed by atoms with Crippen molar-refractivity contribution in [2.75, 3.05) is 32.1 Å². The molecule has 0 spiro atoms. The summed E-state index contributed by atoms with van der Waals surface area (Å²) in [6, 6.07) is 0. The number of aliphatic hydroxyl groups excluding tert-OH is 1. The van der Waals surface area contributed by atoms with Gasteiger partial charge in [-0.25, -0.2) is 13.1 Å². The van der Waals surface area contributed by atoms with Crippen LogP contribution in [-0.2, 0) is 14.8 Å². The number of ether oxygens (including phenoxy) is 1. The van der Waals surface area contributed by atoms with Crippen molar-refractivity contribution >= 4 is 10.0 Å². The standard InChI is InChI=1S/C10H23NO4S/c1-4-15-7-8-16(13,14)11-9-10(2,3)5-6-12/h11-12H,4-9H2,1-3H3. The van der Waals surface area contributed by atoms with Crippen molar-refractivity contribution in [2.24, 2.45) is 5.41 Å². The average Bonchev–Trinajstić information content (AvgIpc) is 2.16. The topological polar surface area (TPSA) is 75.6 Å². The highest BCUT2D eigenvalue weighted by molar-refractivity contribution is 7.89. The molecule has 2 N–H and O–H groups in total. The molecule has 0 atom stereocenters. The Morgan fingerprint density at radius 3 is 2.50 bits per heavy atom. The van der Waals surface area contributed by atoms with Crippen molar-refractivity contribution in [1.29, 1.82) is 0 Å². The van der Waals surface area contributed by atoms with Gasteiger partial charge in [0.1, 0.15) is 0 Å². The summed E-state index contributed by atoms with van der Waals surface area (Å²) in [4.78, 5) is 0. The lowest BCUT2D eigenvalue weighted by atomic mass is 9.90. The number of aliphatic hydroxyl groups is 1. The van der Waals surface area contributed by atoms with Crippen LogP contribution in [0, 0.1) is 5.41 Å². The first-order valence-electron chi connectivity index (χ1n) is 5.49. The Bertz CT molecular complexity index is 275. The zero-order chi connectivity index (χ0) is 12.7. The summed E-state index contributed by atoms with van der Waals surface area (Å²) in [5.74, 6) is -0.0178. The minimum atomic E-state index is -3.26. The third kappa shape index (κ3) is 8.04. The van der Waals surface area contributed by atoms with Crippen molar-refractivity contribution in [3.63, 3.8) is 0 Å². The molecule has 0 aromatic heterocycles. The van der Waals surface area contributed by atoms with Crippen molar-refractivity contribution in [3.05, 3.63) is 0 Å². The second kappa shape index (κ2) is 7.21. The van der Waals surface area contributed by atoms with Gasteiger partial charge in [-0.3, -0.25) is 0 Å². The Morgan fingerprint density at radius 1 is 1.38 bits per heavy atom. The summed E-state index contributed by atoms with van der Waals surface area (Å²) in [5.41, 5.74) is -0.229. The summed E-state index contributed by atoms with van der Waals surface area (Å²) in [6.45, 7) is 6.78. The van der Waals surface area contributed by atoms with Crippen LogP contribution in [0.2, 0.25) is 0 Å². The molecule has 0 bridgehead atoms. The van der Waals surface area contributed by atoms with Gasteiger partial charge in [-0.05, 0) is 18.8 Å². The van der Waals surface area contributed by atoms with E-state index in [1.54, 1.807) is 0 Å². The van der Waals surface area contributed by atoms with Crippen molar-refractivity contribution in [2.45, 2.75) is 27.2 Å². The second-order valence-electron chi connectivity index (χ2n) is 4.47. The quantitative estimate of drug-likeness (QED) is 0.581. The molecule has 0 aliphatic heterocycles. The fourth-order valence-corrected chi connectivity index (χ4v) is 2.17. The average molecular weight is 253 g/mol. The summed E-state index contributed by atoms with van der Waals surface area (Å²) in [6.07, 6.45) is 0.570. The summed E-state index contributed by atoms with van der Waals surface area (Å²) in [7, 11) is -3.26. The molecule has 0 aromatic carbocycles. The molecule has 98 valence electrons. The predicted octanol–water partition coefficient (Wildman–Crippen LogP) is 0.351. The minimum absolute atomic E-state index is 0.0178. The Hall–Kier alpha value is -0.170. The largest absolute Gasteiger partial charge is 0.396 e. The van der Waals surface area contributed by atoms with Gasteiger partial charge in [-0.1, -0.05) is 13.8 Å². The maximum Gasteiger partial charge on any atom is 0.213 e. The van der Waals surface area contributed by atoms with E-state index in [0.29, 0.717) is 19.6 Å². The SMILES string of the molecule is CCOCCS(=O)(=O)NCC(C)(C)CCO. The zero-order valence-corrected chi connectivity index (χ0v) is 11.1. The van der Waals surface area contributed by atoms with E-state index in [1.807, 2.05) is 20.8 Å². The molecule has 0 heterocycles. The van der Waals surface area contributed by atoms with Crippen LogP contribution in [-0.4, -0.2) is 45.6 Å². The van der Waals surface area contributed by atoms with Crippen LogP contribution in [0.1, 0.15) is 27.2 Å². The molecule has 5 nitrogen and oxygen atoms in total. The van der Waals surface area contributed by atoms with Crippen molar-refractivity contribution in [1.82, 2.24) is 4.72 Å². The van der Waals surface area contributed by atoms with Crippen LogP contribution < -0.4 is 4.72 Å². The molecule has 0 aliphatic carbocycles. The first-order chi connectivity index (χ1) is 7.33. The lowest BCUT2D eigenvalue weighted by Crippen LogP contribution is -2.36. The maximum absolute atomic E-state index is 11.5. The predicted molar refractivity (Wildman–Crippen MR) is 63.8 cm³/mol. The first kappa shape index (κ1) is 15.8. The fourth-order valence-electron chi connectivity index (χ4n) is 1.08. The van der Waals surface area contributed by atoms with Gasteiger partial charge in [-0.2, -0.15) is 0 Å². The normalized spacial score (nSPS) is 13.0. The van der Waals surface area contributed by atoms with Gasteiger partial charge in [0.15, 0.2) is 0 Å². The molecular formula is C10H23NO4S. The third-order valence-electron chi connectivity index (χ3n) is 2.26. The van der Waals surface area contributed by atoms with E-state index in [2.05, 4.69) is 4.72 Å². The molecule has 16 heavy (non-hydrogen) atoms. The highest BCUT2D eigenvalue weighted by Gasteiger charge is 2.20. The molecule has 0 unspecified atom stereocenters. The molecule has 0 saturated carbocycles. The monoisotopic (exact) mass is 253 g/mol. The van der Waals surface area contributed by atoms with Gasteiger partial charge >= 0.3 is 0 Å². The Balaban J connectivity index is 3.98. The maximum atomic E-state index is 11.5. The number of hydrogen-bond acceptors (Lipinski definition) is 4. The molecular weight excluding hydrogens is 230 g/mol. The number of rotatable bonds is 9. The second-order valence-corrected chi connectivity index (χ2v) is 6.40. The molecule has 0 rings (SSSR count). The van der Waals surface area contributed by atoms with E-state index in [9.17, 15) is 8.42 Å². The van der Waals surface area contributed by atoms with E-state index in [4.69, 9.17) is 9.84 Å². The summed E-state index contributed by atoms with van der Waals surface area (Å²) < 4.78 is 30.5. The smallest absolute Gasteiger partial charge is 0.213 e. The van der Waals surface area contributed by atoms with Crippen molar-refractivity contribution in [3.8, 4) is 0 Å². The van der Waals surface area contributed by atoms with Crippen LogP contribution in [0.15, 0.2) is 0 Å². The summed E-state index contributed by atoms with van der Waals surface area (Å²) >= 11 is 0. The molecule has 0 aromatic rings. The van der Waals surface area contributed by atoms with Crippen LogP contribution in [0.25, 0.3) is 0 Å². The van der Waals surface area contributed by atoms with E-state index in [-0.39, 0.29) is 24.4 Å². The van der Waals surface area contributed by atoms with Gasteiger partial charge in [0.05, 0.1) is 12.4 Å².